The van der Waals surface area contributed by atoms with Crippen molar-refractivity contribution in [3.63, 3.8) is 0 Å². The molecule has 30 heavy (non-hydrogen) atoms. The molecule has 0 aliphatic rings. The Morgan fingerprint density at radius 2 is 1.60 bits per heavy atom. The van der Waals surface area contributed by atoms with Gasteiger partial charge < -0.3 is 10.6 Å². The van der Waals surface area contributed by atoms with E-state index >= 15 is 0 Å². The number of hydrogen-bond donors (Lipinski definition) is 4. The standard InChI is InChI=1S/C22H20Br2N4O2/c23-16-8-6-15(7-9-16)22(30)27-19-11-10-17(24)12-18(19)21(26-13-20(29)28-25)14-4-2-1-3-5-14/h1-12,21,26H,13,25H2,(H,27,30)(H,28,29)/p+1. The second-order valence-electron chi connectivity index (χ2n) is 6.59. The Hall–Kier alpha value is -2.52. The Labute approximate surface area is 191 Å². The maximum atomic E-state index is 12.8. The third-order valence-corrected chi connectivity index (χ3v) is 5.58. The van der Waals surface area contributed by atoms with Gasteiger partial charge in [0.05, 0.1) is 5.69 Å². The highest BCUT2D eigenvalue weighted by Crippen LogP contribution is 2.29. The fourth-order valence-corrected chi connectivity index (χ4v) is 3.73. The molecule has 2 amide bonds. The van der Waals surface area contributed by atoms with Crippen LogP contribution < -0.4 is 21.9 Å². The van der Waals surface area contributed by atoms with Crippen molar-refractivity contribution in [2.75, 3.05) is 11.9 Å². The fraction of sp³-hybridized carbons (Fsp3) is 0.0909. The molecule has 3 aromatic carbocycles. The summed E-state index contributed by atoms with van der Waals surface area (Å²) in [5.41, 5.74) is 5.24. The smallest absolute Gasteiger partial charge is 0.288 e. The average molecular weight is 533 g/mol. The summed E-state index contributed by atoms with van der Waals surface area (Å²) in [6.45, 7) is 0.142. The SMILES string of the molecule is NNC(=O)C[NH2+]C(c1ccccc1)c1cc(Br)ccc1NC(=O)c1ccc(Br)cc1. The molecule has 1 unspecified atom stereocenters. The second kappa shape index (κ2) is 10.5. The minimum absolute atomic E-state index is 0.142. The van der Waals surface area contributed by atoms with E-state index < -0.39 is 0 Å². The third kappa shape index (κ3) is 5.76. The molecule has 154 valence electrons. The van der Waals surface area contributed by atoms with E-state index in [2.05, 4.69) is 42.6 Å². The molecular weight excluding hydrogens is 512 g/mol. The van der Waals surface area contributed by atoms with Crippen molar-refractivity contribution in [3.05, 3.63) is 98.4 Å². The number of anilines is 1. The zero-order valence-corrected chi connectivity index (χ0v) is 19.1. The third-order valence-electron chi connectivity index (χ3n) is 4.56. The summed E-state index contributed by atoms with van der Waals surface area (Å²) in [5.74, 6) is 4.75. The van der Waals surface area contributed by atoms with E-state index in [1.54, 1.807) is 12.1 Å². The first-order chi connectivity index (χ1) is 14.5. The molecule has 0 saturated heterocycles. The number of benzene rings is 3. The van der Waals surface area contributed by atoms with Crippen molar-refractivity contribution in [1.29, 1.82) is 0 Å². The van der Waals surface area contributed by atoms with E-state index in [0.29, 0.717) is 11.3 Å². The molecule has 0 bridgehead atoms. The molecule has 0 saturated carbocycles. The lowest BCUT2D eigenvalue weighted by molar-refractivity contribution is -0.676. The van der Waals surface area contributed by atoms with Crippen molar-refractivity contribution in [2.45, 2.75) is 6.04 Å². The van der Waals surface area contributed by atoms with Gasteiger partial charge in [0.2, 0.25) is 0 Å². The Bertz CT molecular complexity index is 1030. The van der Waals surface area contributed by atoms with Crippen LogP contribution in [-0.4, -0.2) is 18.4 Å². The van der Waals surface area contributed by atoms with E-state index in [1.165, 1.54) is 0 Å². The minimum atomic E-state index is -0.286. The van der Waals surface area contributed by atoms with Crippen LogP contribution in [0.25, 0.3) is 0 Å². The number of carbonyl (C=O) groups excluding carboxylic acids is 2. The zero-order chi connectivity index (χ0) is 21.5. The first-order valence-electron chi connectivity index (χ1n) is 9.22. The van der Waals surface area contributed by atoms with Crippen molar-refractivity contribution in [3.8, 4) is 0 Å². The van der Waals surface area contributed by atoms with Gasteiger partial charge in [-0.05, 0) is 42.5 Å². The van der Waals surface area contributed by atoms with Crippen molar-refractivity contribution >= 4 is 49.4 Å². The molecule has 0 spiro atoms. The molecule has 0 fully saturated rings. The van der Waals surface area contributed by atoms with Crippen LogP contribution in [-0.2, 0) is 4.79 Å². The van der Waals surface area contributed by atoms with Gasteiger partial charge in [0.1, 0.15) is 6.04 Å². The van der Waals surface area contributed by atoms with Crippen LogP contribution in [0, 0.1) is 0 Å². The van der Waals surface area contributed by atoms with Crippen LogP contribution in [0.2, 0.25) is 0 Å². The molecule has 0 radical (unpaired) electrons. The second-order valence-corrected chi connectivity index (χ2v) is 8.42. The van der Waals surface area contributed by atoms with Gasteiger partial charge in [0.25, 0.3) is 11.8 Å². The summed E-state index contributed by atoms with van der Waals surface area (Å²) in [5, 5.41) is 4.89. The number of nitrogens with two attached hydrogens (primary N) is 2. The van der Waals surface area contributed by atoms with Gasteiger partial charge in [0.15, 0.2) is 6.54 Å². The summed E-state index contributed by atoms with van der Waals surface area (Å²) < 4.78 is 1.78. The maximum absolute atomic E-state index is 12.8. The Kier molecular flexibility index (Phi) is 7.75. The summed E-state index contributed by atoms with van der Waals surface area (Å²) in [4.78, 5) is 24.6. The summed E-state index contributed by atoms with van der Waals surface area (Å²) >= 11 is 6.90. The highest BCUT2D eigenvalue weighted by Gasteiger charge is 2.23. The molecule has 1 atom stereocenters. The Morgan fingerprint density at radius 3 is 2.27 bits per heavy atom. The molecule has 0 heterocycles. The van der Waals surface area contributed by atoms with Crippen molar-refractivity contribution in [2.24, 2.45) is 5.84 Å². The monoisotopic (exact) mass is 531 g/mol. The van der Waals surface area contributed by atoms with E-state index in [0.717, 1.165) is 20.1 Å². The van der Waals surface area contributed by atoms with Crippen LogP contribution in [0.3, 0.4) is 0 Å². The predicted octanol–water partition coefficient (Wildman–Crippen LogP) is 3.11. The number of quaternary nitrogens is 1. The molecule has 0 aliphatic carbocycles. The van der Waals surface area contributed by atoms with Crippen LogP contribution in [0.15, 0.2) is 81.7 Å². The van der Waals surface area contributed by atoms with Crippen LogP contribution in [0.4, 0.5) is 5.69 Å². The van der Waals surface area contributed by atoms with Gasteiger partial charge in [-0.1, -0.05) is 62.2 Å². The number of hydrazine groups is 1. The number of nitrogens with one attached hydrogen (secondary N) is 2. The number of amides is 2. The lowest BCUT2D eigenvalue weighted by atomic mass is 9.96. The molecule has 0 aromatic heterocycles. The summed E-state index contributed by atoms with van der Waals surface area (Å²) in [7, 11) is 0. The van der Waals surface area contributed by atoms with E-state index in [4.69, 9.17) is 5.84 Å². The number of rotatable bonds is 7. The van der Waals surface area contributed by atoms with E-state index in [1.807, 2.05) is 66.0 Å². The molecular formula is C22H21Br2N4O2+. The maximum Gasteiger partial charge on any atom is 0.288 e. The fourth-order valence-electron chi connectivity index (χ4n) is 3.09. The molecule has 6 N–H and O–H groups in total. The van der Waals surface area contributed by atoms with Gasteiger partial charge >= 0.3 is 0 Å². The summed E-state index contributed by atoms with van der Waals surface area (Å²) in [6, 6.07) is 22.4. The first-order valence-corrected chi connectivity index (χ1v) is 10.8. The lowest BCUT2D eigenvalue weighted by Gasteiger charge is -2.20. The Balaban J connectivity index is 1.96. The van der Waals surface area contributed by atoms with Gasteiger partial charge in [0, 0.05) is 25.6 Å². The minimum Gasteiger partial charge on any atom is -0.328 e. The Morgan fingerprint density at radius 1 is 0.933 bits per heavy atom. The average Bonchev–Trinajstić information content (AvgIpc) is 2.76. The predicted molar refractivity (Wildman–Crippen MR) is 124 cm³/mol. The highest BCUT2D eigenvalue weighted by molar-refractivity contribution is 9.10. The van der Waals surface area contributed by atoms with Gasteiger partial charge in [-0.25, -0.2) is 5.84 Å². The number of halogens is 2. The van der Waals surface area contributed by atoms with Crippen molar-refractivity contribution < 1.29 is 14.9 Å². The quantitative estimate of drug-likeness (QED) is 0.214. The molecule has 0 aliphatic heterocycles. The van der Waals surface area contributed by atoms with Crippen LogP contribution in [0.1, 0.15) is 27.5 Å². The number of carbonyl (C=O) groups is 2. The zero-order valence-electron chi connectivity index (χ0n) is 15.9. The summed E-state index contributed by atoms with van der Waals surface area (Å²) in [6.07, 6.45) is 0. The molecule has 3 rings (SSSR count). The van der Waals surface area contributed by atoms with Crippen LogP contribution in [0.5, 0.6) is 0 Å². The van der Waals surface area contributed by atoms with Crippen molar-refractivity contribution in [1.82, 2.24) is 5.43 Å². The molecule has 6 nitrogen and oxygen atoms in total. The number of hydrogen-bond acceptors (Lipinski definition) is 3. The topological polar surface area (TPSA) is 101 Å². The van der Waals surface area contributed by atoms with Gasteiger partial charge in [-0.3, -0.25) is 15.0 Å². The van der Waals surface area contributed by atoms with E-state index in [9.17, 15) is 9.59 Å². The normalized spacial score (nSPS) is 11.6. The van der Waals surface area contributed by atoms with Crippen LogP contribution >= 0.6 is 31.9 Å². The molecule has 3 aromatic rings. The largest absolute Gasteiger partial charge is 0.328 e. The van der Waals surface area contributed by atoms with E-state index in [-0.39, 0.29) is 24.4 Å². The molecule has 8 heteroatoms. The van der Waals surface area contributed by atoms with Gasteiger partial charge in [-0.15, -0.1) is 0 Å². The highest BCUT2D eigenvalue weighted by atomic mass is 79.9. The first kappa shape index (κ1) is 22.2. The van der Waals surface area contributed by atoms with Gasteiger partial charge in [-0.2, -0.15) is 0 Å². The lowest BCUT2D eigenvalue weighted by Crippen LogP contribution is -2.88.